The first-order valence-electron chi connectivity index (χ1n) is 6.33. The van der Waals surface area contributed by atoms with Gasteiger partial charge in [0.05, 0.1) is 19.3 Å². The van der Waals surface area contributed by atoms with Gasteiger partial charge in [-0.1, -0.05) is 12.1 Å². The highest BCUT2D eigenvalue weighted by atomic mass is 19.1. The maximum atomic E-state index is 13.4. The number of ether oxygens (including phenoxy) is 2. The first-order chi connectivity index (χ1) is 9.70. The van der Waals surface area contributed by atoms with Crippen molar-refractivity contribution < 1.29 is 18.7 Å². The van der Waals surface area contributed by atoms with Crippen LogP contribution in [0.25, 0.3) is 0 Å². The third kappa shape index (κ3) is 2.03. The number of para-hydroxylation sites is 1. The Hall–Kier alpha value is -2.36. The lowest BCUT2D eigenvalue weighted by Crippen LogP contribution is -2.04. The van der Waals surface area contributed by atoms with Gasteiger partial charge in [-0.05, 0) is 29.8 Å². The summed E-state index contributed by atoms with van der Waals surface area (Å²) < 4.78 is 23.8. The summed E-state index contributed by atoms with van der Waals surface area (Å²) in [6.45, 7) is 0.590. The van der Waals surface area contributed by atoms with Crippen LogP contribution < -0.4 is 9.47 Å². The van der Waals surface area contributed by atoms with E-state index in [0.717, 1.165) is 12.0 Å². The molecular formula is C16H13FO3. The van der Waals surface area contributed by atoms with Gasteiger partial charge in [-0.15, -0.1) is 0 Å². The molecule has 0 aromatic heterocycles. The van der Waals surface area contributed by atoms with E-state index in [2.05, 4.69) is 0 Å². The molecule has 0 radical (unpaired) electrons. The molecule has 0 amide bonds. The number of carbonyl (C=O) groups is 1. The summed E-state index contributed by atoms with van der Waals surface area (Å²) >= 11 is 0. The number of hydrogen-bond acceptors (Lipinski definition) is 3. The third-order valence-corrected chi connectivity index (χ3v) is 3.37. The Labute approximate surface area is 115 Å². The second-order valence-electron chi connectivity index (χ2n) is 4.57. The number of benzene rings is 2. The molecule has 102 valence electrons. The molecule has 0 spiro atoms. The number of carbonyl (C=O) groups excluding carboxylic acids is 1. The van der Waals surface area contributed by atoms with Crippen molar-refractivity contribution in [2.75, 3.05) is 13.7 Å². The Balaban J connectivity index is 2.03. The third-order valence-electron chi connectivity index (χ3n) is 3.37. The Morgan fingerprint density at radius 3 is 2.95 bits per heavy atom. The lowest BCUT2D eigenvalue weighted by atomic mass is 9.99. The van der Waals surface area contributed by atoms with Gasteiger partial charge in [-0.3, -0.25) is 4.79 Å². The van der Waals surface area contributed by atoms with Gasteiger partial charge in [0.1, 0.15) is 5.75 Å². The molecule has 2 aromatic carbocycles. The van der Waals surface area contributed by atoms with Gasteiger partial charge < -0.3 is 9.47 Å². The molecule has 20 heavy (non-hydrogen) atoms. The molecule has 0 bridgehead atoms. The largest absolute Gasteiger partial charge is 0.494 e. The normalized spacial score (nSPS) is 12.7. The summed E-state index contributed by atoms with van der Waals surface area (Å²) in [5.41, 5.74) is 1.92. The minimum absolute atomic E-state index is 0.0596. The molecule has 3 rings (SSSR count). The van der Waals surface area contributed by atoms with Crippen molar-refractivity contribution in [2.24, 2.45) is 0 Å². The predicted octanol–water partition coefficient (Wildman–Crippen LogP) is 3.00. The molecule has 0 saturated heterocycles. The number of methoxy groups -OCH3 is 1. The number of hydrogen-bond donors (Lipinski definition) is 0. The molecule has 3 nitrogen and oxygen atoms in total. The second-order valence-corrected chi connectivity index (χ2v) is 4.57. The summed E-state index contributed by atoms with van der Waals surface area (Å²) in [6.07, 6.45) is 0.809. The van der Waals surface area contributed by atoms with Gasteiger partial charge >= 0.3 is 0 Å². The first-order valence-corrected chi connectivity index (χ1v) is 6.33. The fourth-order valence-corrected chi connectivity index (χ4v) is 2.35. The standard InChI is InChI=1S/C16H13FO3/c1-19-14-9-11(5-6-13(14)17)15(18)12-4-2-3-10-7-8-20-16(10)12/h2-6,9H,7-8H2,1H3. The van der Waals surface area contributed by atoms with Gasteiger partial charge in [0.2, 0.25) is 0 Å². The monoisotopic (exact) mass is 272 g/mol. The minimum Gasteiger partial charge on any atom is -0.494 e. The lowest BCUT2D eigenvalue weighted by Gasteiger charge is -2.08. The van der Waals surface area contributed by atoms with Gasteiger partial charge in [0, 0.05) is 12.0 Å². The topological polar surface area (TPSA) is 35.5 Å². The van der Waals surface area contributed by atoms with E-state index >= 15 is 0 Å². The van der Waals surface area contributed by atoms with E-state index in [1.807, 2.05) is 12.1 Å². The molecule has 2 aromatic rings. The number of rotatable bonds is 3. The predicted molar refractivity (Wildman–Crippen MR) is 72.0 cm³/mol. The van der Waals surface area contributed by atoms with Crippen LogP contribution in [0.15, 0.2) is 36.4 Å². The van der Waals surface area contributed by atoms with E-state index < -0.39 is 5.82 Å². The van der Waals surface area contributed by atoms with Crippen LogP contribution in [-0.4, -0.2) is 19.5 Å². The first kappa shape index (κ1) is 12.7. The van der Waals surface area contributed by atoms with Crippen LogP contribution in [0.3, 0.4) is 0 Å². The maximum absolute atomic E-state index is 13.4. The molecule has 0 unspecified atom stereocenters. The van der Waals surface area contributed by atoms with Crippen LogP contribution in [0, 0.1) is 5.82 Å². The molecule has 1 heterocycles. The van der Waals surface area contributed by atoms with Crippen molar-refractivity contribution in [3.8, 4) is 11.5 Å². The van der Waals surface area contributed by atoms with Gasteiger partial charge in [-0.25, -0.2) is 4.39 Å². The van der Waals surface area contributed by atoms with E-state index in [1.54, 1.807) is 6.07 Å². The summed E-state index contributed by atoms with van der Waals surface area (Å²) in [7, 11) is 1.37. The molecule has 1 aliphatic rings. The quantitative estimate of drug-likeness (QED) is 0.806. The zero-order valence-electron chi connectivity index (χ0n) is 11.0. The van der Waals surface area contributed by atoms with E-state index in [9.17, 15) is 9.18 Å². The smallest absolute Gasteiger partial charge is 0.196 e. The van der Waals surface area contributed by atoms with Gasteiger partial charge in [-0.2, -0.15) is 0 Å². The minimum atomic E-state index is -0.487. The highest BCUT2D eigenvalue weighted by molar-refractivity contribution is 6.11. The number of halogens is 1. The van der Waals surface area contributed by atoms with E-state index in [0.29, 0.717) is 23.5 Å². The Morgan fingerprint density at radius 2 is 2.15 bits per heavy atom. The molecule has 0 aliphatic carbocycles. The van der Waals surface area contributed by atoms with Crippen molar-refractivity contribution >= 4 is 5.78 Å². The maximum Gasteiger partial charge on any atom is 0.196 e. The van der Waals surface area contributed by atoms with Crippen molar-refractivity contribution in [3.05, 3.63) is 58.9 Å². The summed E-state index contributed by atoms with van der Waals surface area (Å²) in [5.74, 6) is 0.0192. The molecule has 0 fully saturated rings. The molecule has 4 heteroatoms. The van der Waals surface area contributed by atoms with E-state index in [4.69, 9.17) is 9.47 Å². The number of ketones is 1. The lowest BCUT2D eigenvalue weighted by molar-refractivity contribution is 0.103. The average Bonchev–Trinajstić information content (AvgIpc) is 2.95. The Kier molecular flexibility index (Phi) is 3.14. The summed E-state index contributed by atoms with van der Waals surface area (Å²) in [6, 6.07) is 9.60. The zero-order chi connectivity index (χ0) is 14.1. The number of fused-ring (bicyclic) bond motifs is 1. The fraction of sp³-hybridized carbons (Fsp3) is 0.188. The van der Waals surface area contributed by atoms with Crippen LogP contribution in [-0.2, 0) is 6.42 Å². The van der Waals surface area contributed by atoms with Crippen molar-refractivity contribution in [1.82, 2.24) is 0 Å². The second kappa shape index (κ2) is 4.96. The van der Waals surface area contributed by atoms with Crippen LogP contribution in [0.5, 0.6) is 11.5 Å². The summed E-state index contributed by atoms with van der Waals surface area (Å²) in [5, 5.41) is 0. The fourth-order valence-electron chi connectivity index (χ4n) is 2.35. The molecule has 0 atom stereocenters. The van der Waals surface area contributed by atoms with Crippen LogP contribution in [0.2, 0.25) is 0 Å². The molecule has 1 aliphatic heterocycles. The van der Waals surface area contributed by atoms with Crippen molar-refractivity contribution in [1.29, 1.82) is 0 Å². The average molecular weight is 272 g/mol. The highest BCUT2D eigenvalue weighted by Gasteiger charge is 2.22. The van der Waals surface area contributed by atoms with Gasteiger partial charge in [0.25, 0.3) is 0 Å². The van der Waals surface area contributed by atoms with Crippen LogP contribution >= 0.6 is 0 Å². The Bertz CT molecular complexity index is 679. The highest BCUT2D eigenvalue weighted by Crippen LogP contribution is 2.31. The molecule has 0 saturated carbocycles. The molecular weight excluding hydrogens is 259 g/mol. The van der Waals surface area contributed by atoms with Crippen LogP contribution in [0.4, 0.5) is 4.39 Å². The molecule has 0 N–H and O–H groups in total. The van der Waals surface area contributed by atoms with Crippen molar-refractivity contribution in [2.45, 2.75) is 6.42 Å². The summed E-state index contributed by atoms with van der Waals surface area (Å²) in [4.78, 5) is 12.5. The van der Waals surface area contributed by atoms with Crippen molar-refractivity contribution in [3.63, 3.8) is 0 Å². The van der Waals surface area contributed by atoms with E-state index in [-0.39, 0.29) is 11.5 Å². The SMILES string of the molecule is COc1cc(C(=O)c2cccc3c2OCC3)ccc1F. The Morgan fingerprint density at radius 1 is 1.30 bits per heavy atom. The van der Waals surface area contributed by atoms with Crippen LogP contribution in [0.1, 0.15) is 21.5 Å². The van der Waals surface area contributed by atoms with Gasteiger partial charge in [0.15, 0.2) is 17.3 Å². The van der Waals surface area contributed by atoms with E-state index in [1.165, 1.54) is 25.3 Å². The zero-order valence-corrected chi connectivity index (χ0v) is 11.0.